The van der Waals surface area contributed by atoms with Crippen molar-refractivity contribution in [1.29, 1.82) is 0 Å². The molecule has 1 aliphatic heterocycles. The van der Waals surface area contributed by atoms with E-state index in [1.165, 1.54) is 17.4 Å². The molecular formula is C24H24N2O2S2. The Morgan fingerprint density at radius 2 is 1.87 bits per heavy atom. The van der Waals surface area contributed by atoms with Gasteiger partial charge >= 0.3 is 0 Å². The van der Waals surface area contributed by atoms with Crippen molar-refractivity contribution in [2.45, 2.75) is 20.3 Å². The lowest BCUT2D eigenvalue weighted by Crippen LogP contribution is -2.27. The van der Waals surface area contributed by atoms with Crippen LogP contribution in [0.4, 0.5) is 11.4 Å². The fraction of sp³-hybridized carbons (Fsp3) is 0.250. The summed E-state index contributed by atoms with van der Waals surface area (Å²) in [4.78, 5) is 18.0. The zero-order valence-electron chi connectivity index (χ0n) is 17.3. The minimum Gasteiger partial charge on any atom is -0.497 e. The van der Waals surface area contributed by atoms with Gasteiger partial charge in [-0.25, -0.2) is 0 Å². The molecule has 0 atom stereocenters. The number of thiocarbonyl (C=S) groups is 1. The first-order valence-corrected chi connectivity index (χ1v) is 11.3. The van der Waals surface area contributed by atoms with Crippen LogP contribution in [0.15, 0.2) is 53.4 Å². The first-order chi connectivity index (χ1) is 14.6. The van der Waals surface area contributed by atoms with E-state index < -0.39 is 0 Å². The number of carbonyl (C=O) groups is 1. The Labute approximate surface area is 187 Å². The normalized spacial score (nSPS) is 18.0. The van der Waals surface area contributed by atoms with E-state index in [0.29, 0.717) is 4.32 Å². The second-order valence-corrected chi connectivity index (χ2v) is 8.71. The number of hydrogen-bond acceptors (Lipinski definition) is 5. The average molecular weight is 437 g/mol. The Balaban J connectivity index is 1.71. The highest BCUT2D eigenvalue weighted by Gasteiger charge is 2.36. The summed E-state index contributed by atoms with van der Waals surface area (Å²) in [6.45, 7) is 6.25. The highest BCUT2D eigenvalue weighted by Crippen LogP contribution is 2.43. The van der Waals surface area contributed by atoms with Crippen molar-refractivity contribution >= 4 is 57.2 Å². The minimum absolute atomic E-state index is 0.0563. The van der Waals surface area contributed by atoms with E-state index in [9.17, 15) is 4.79 Å². The summed E-state index contributed by atoms with van der Waals surface area (Å²) in [5, 5.41) is 0. The van der Waals surface area contributed by atoms with E-state index in [2.05, 4.69) is 49.1 Å². The first-order valence-electron chi connectivity index (χ1n) is 10.1. The lowest BCUT2D eigenvalue weighted by Gasteiger charge is -2.24. The van der Waals surface area contributed by atoms with Crippen molar-refractivity contribution < 1.29 is 9.53 Å². The molecule has 2 aliphatic rings. The maximum atomic E-state index is 13.3. The van der Waals surface area contributed by atoms with Crippen molar-refractivity contribution in [3.8, 4) is 5.75 Å². The van der Waals surface area contributed by atoms with Crippen LogP contribution < -0.4 is 14.5 Å². The molecule has 30 heavy (non-hydrogen) atoms. The fourth-order valence-corrected chi connectivity index (χ4v) is 5.27. The Hall–Kier alpha value is -2.57. The smallest absolute Gasteiger partial charge is 0.271 e. The Morgan fingerprint density at radius 1 is 1.13 bits per heavy atom. The van der Waals surface area contributed by atoms with Crippen molar-refractivity contribution in [3.05, 3.63) is 64.6 Å². The maximum Gasteiger partial charge on any atom is 0.271 e. The van der Waals surface area contributed by atoms with Gasteiger partial charge in [0.25, 0.3) is 5.91 Å². The second-order valence-electron chi connectivity index (χ2n) is 7.06. The van der Waals surface area contributed by atoms with E-state index in [-0.39, 0.29) is 5.91 Å². The van der Waals surface area contributed by atoms with Gasteiger partial charge in [-0.1, -0.05) is 42.2 Å². The molecule has 4 nitrogen and oxygen atoms in total. The third-order valence-electron chi connectivity index (χ3n) is 5.48. The summed E-state index contributed by atoms with van der Waals surface area (Å²) in [7, 11) is 1.62. The zero-order valence-corrected chi connectivity index (χ0v) is 19.0. The second kappa shape index (κ2) is 8.66. The molecule has 1 fully saturated rings. The van der Waals surface area contributed by atoms with E-state index in [4.69, 9.17) is 17.0 Å². The molecule has 1 heterocycles. The Kier molecular flexibility index (Phi) is 5.97. The monoisotopic (exact) mass is 436 g/mol. The van der Waals surface area contributed by atoms with Gasteiger partial charge in [0.05, 0.1) is 17.7 Å². The molecule has 0 radical (unpaired) electrons. The van der Waals surface area contributed by atoms with Crippen LogP contribution in [0.3, 0.4) is 0 Å². The average Bonchev–Trinajstić information content (AvgIpc) is 3.07. The zero-order chi connectivity index (χ0) is 21.3. The van der Waals surface area contributed by atoms with Crippen LogP contribution in [0.1, 0.15) is 31.4 Å². The molecule has 0 aromatic heterocycles. The van der Waals surface area contributed by atoms with Crippen LogP contribution >= 0.6 is 24.0 Å². The molecule has 4 rings (SSSR count). The molecule has 0 N–H and O–H groups in total. The van der Waals surface area contributed by atoms with Gasteiger partial charge in [0.15, 0.2) is 4.32 Å². The lowest BCUT2D eigenvalue weighted by atomic mass is 9.91. The molecule has 2 aromatic carbocycles. The number of allylic oxidation sites excluding steroid dienone is 2. The van der Waals surface area contributed by atoms with Crippen LogP contribution in [0.25, 0.3) is 11.6 Å². The largest absolute Gasteiger partial charge is 0.497 e. The Morgan fingerprint density at radius 3 is 2.53 bits per heavy atom. The number of anilines is 2. The summed E-state index contributed by atoms with van der Waals surface area (Å²) >= 11 is 6.96. The molecule has 1 aliphatic carbocycles. The number of fused-ring (bicyclic) bond motifs is 1. The van der Waals surface area contributed by atoms with Gasteiger partial charge in [-0.3, -0.25) is 9.69 Å². The van der Waals surface area contributed by atoms with Crippen LogP contribution in [0.5, 0.6) is 5.75 Å². The summed E-state index contributed by atoms with van der Waals surface area (Å²) in [6, 6.07) is 13.9. The van der Waals surface area contributed by atoms with Gasteiger partial charge < -0.3 is 9.64 Å². The predicted molar refractivity (Wildman–Crippen MR) is 131 cm³/mol. The molecular weight excluding hydrogens is 412 g/mol. The number of thioether (sulfide) groups is 1. The SMILES string of the molecule is CCN(CC)c1ccc2c(c1)C=CC/C2=C1\SC(=S)N(c2ccc(OC)cc2)C1=O. The molecule has 0 bridgehead atoms. The highest BCUT2D eigenvalue weighted by molar-refractivity contribution is 8.27. The quantitative estimate of drug-likeness (QED) is 0.441. The third kappa shape index (κ3) is 3.66. The predicted octanol–water partition coefficient (Wildman–Crippen LogP) is 5.73. The number of rotatable bonds is 5. The standard InChI is InChI=1S/C24H24N2O2S2/c1-4-25(5-2)18-11-14-20-16(15-18)7-6-8-21(20)22-23(27)26(24(29)30-22)17-9-12-19(28-3)13-10-17/h6-7,9-15H,4-5,8H2,1-3H3/b22-21+. The van der Waals surface area contributed by atoms with Gasteiger partial charge in [-0.05, 0) is 73.4 Å². The van der Waals surface area contributed by atoms with E-state index in [0.717, 1.165) is 52.6 Å². The van der Waals surface area contributed by atoms with E-state index in [1.807, 2.05) is 24.3 Å². The van der Waals surface area contributed by atoms with Crippen LogP contribution in [0.2, 0.25) is 0 Å². The molecule has 6 heteroatoms. The topological polar surface area (TPSA) is 32.8 Å². The third-order valence-corrected chi connectivity index (χ3v) is 6.90. The molecule has 1 saturated heterocycles. The van der Waals surface area contributed by atoms with Crippen LogP contribution in [-0.4, -0.2) is 30.4 Å². The molecule has 154 valence electrons. The van der Waals surface area contributed by atoms with Gasteiger partial charge in [0, 0.05) is 18.8 Å². The molecule has 1 amide bonds. The van der Waals surface area contributed by atoms with Gasteiger partial charge in [-0.2, -0.15) is 0 Å². The molecule has 2 aromatic rings. The summed E-state index contributed by atoms with van der Waals surface area (Å²) in [5.74, 6) is 0.692. The lowest BCUT2D eigenvalue weighted by molar-refractivity contribution is -0.113. The summed E-state index contributed by atoms with van der Waals surface area (Å²) in [5.41, 5.74) is 5.28. The highest BCUT2D eigenvalue weighted by atomic mass is 32.2. The van der Waals surface area contributed by atoms with Crippen molar-refractivity contribution in [3.63, 3.8) is 0 Å². The molecule has 0 unspecified atom stereocenters. The van der Waals surface area contributed by atoms with Crippen LogP contribution in [-0.2, 0) is 4.79 Å². The van der Waals surface area contributed by atoms with Gasteiger partial charge in [0.1, 0.15) is 5.75 Å². The number of ether oxygens (including phenoxy) is 1. The van der Waals surface area contributed by atoms with Gasteiger partial charge in [-0.15, -0.1) is 0 Å². The Bertz CT molecular complexity index is 1050. The number of carbonyl (C=O) groups excluding carboxylic acids is 1. The minimum atomic E-state index is -0.0563. The van der Waals surface area contributed by atoms with Crippen molar-refractivity contribution in [2.24, 2.45) is 0 Å². The number of amides is 1. The fourth-order valence-electron chi connectivity index (χ4n) is 3.88. The number of nitrogens with zero attached hydrogens (tertiary/aromatic N) is 2. The van der Waals surface area contributed by atoms with Crippen molar-refractivity contribution in [2.75, 3.05) is 30.0 Å². The van der Waals surface area contributed by atoms with Gasteiger partial charge in [0.2, 0.25) is 0 Å². The molecule has 0 spiro atoms. The van der Waals surface area contributed by atoms with Crippen LogP contribution in [0, 0.1) is 0 Å². The summed E-state index contributed by atoms with van der Waals surface area (Å²) < 4.78 is 5.78. The number of hydrogen-bond donors (Lipinski definition) is 0. The summed E-state index contributed by atoms with van der Waals surface area (Å²) in [6.07, 6.45) is 5.00. The van der Waals surface area contributed by atoms with E-state index in [1.54, 1.807) is 12.0 Å². The van der Waals surface area contributed by atoms with E-state index >= 15 is 0 Å². The first kappa shape index (κ1) is 20.7. The number of methoxy groups -OCH3 is 1. The maximum absolute atomic E-state index is 13.3. The van der Waals surface area contributed by atoms with Crippen molar-refractivity contribution in [1.82, 2.24) is 0 Å². The number of benzene rings is 2. The molecule has 0 saturated carbocycles.